The van der Waals surface area contributed by atoms with Crippen LogP contribution in [0.2, 0.25) is 0 Å². The quantitative estimate of drug-likeness (QED) is 0.709. The van der Waals surface area contributed by atoms with Gasteiger partial charge in [0, 0.05) is 6.61 Å². The maximum Gasteiger partial charge on any atom is 0.0978 e. The normalized spacial score (nSPS) is 20.9. The fourth-order valence-electron chi connectivity index (χ4n) is 1.84. The van der Waals surface area contributed by atoms with E-state index in [1.165, 1.54) is 19.3 Å². The summed E-state index contributed by atoms with van der Waals surface area (Å²) in [7, 11) is 0. The van der Waals surface area contributed by atoms with Crippen LogP contribution in [0.4, 0.5) is 0 Å². The molecule has 74 valence electrons. The van der Waals surface area contributed by atoms with Crippen molar-refractivity contribution in [3.05, 3.63) is 0 Å². The zero-order chi connectivity index (χ0) is 9.52. The third-order valence-corrected chi connectivity index (χ3v) is 2.62. The van der Waals surface area contributed by atoms with E-state index >= 15 is 0 Å². The van der Waals surface area contributed by atoms with Gasteiger partial charge in [-0.1, -0.05) is 6.42 Å². The second kappa shape index (κ2) is 5.95. The van der Waals surface area contributed by atoms with Gasteiger partial charge in [0.1, 0.15) is 0 Å². The van der Waals surface area contributed by atoms with E-state index in [4.69, 9.17) is 10.4 Å². The van der Waals surface area contributed by atoms with Crippen LogP contribution in [0.3, 0.4) is 0 Å². The zero-order valence-corrected chi connectivity index (χ0v) is 8.08. The van der Waals surface area contributed by atoms with E-state index in [-0.39, 0.29) is 12.6 Å². The van der Waals surface area contributed by atoms with Crippen molar-refractivity contribution in [1.82, 2.24) is 4.90 Å². The minimum Gasteiger partial charge on any atom is -0.396 e. The molecule has 1 saturated heterocycles. The summed E-state index contributed by atoms with van der Waals surface area (Å²) in [6.45, 7) is 2.32. The molecule has 0 aliphatic carbocycles. The van der Waals surface area contributed by atoms with Gasteiger partial charge in [-0.05, 0) is 38.8 Å². The summed E-state index contributed by atoms with van der Waals surface area (Å²) in [4.78, 5) is 2.25. The zero-order valence-electron chi connectivity index (χ0n) is 8.08. The van der Waals surface area contributed by atoms with Crippen LogP contribution in [0.5, 0.6) is 0 Å². The molecule has 0 saturated carbocycles. The van der Waals surface area contributed by atoms with Gasteiger partial charge in [0.15, 0.2) is 0 Å². The smallest absolute Gasteiger partial charge is 0.0978 e. The van der Waals surface area contributed by atoms with E-state index in [1.807, 2.05) is 0 Å². The van der Waals surface area contributed by atoms with Gasteiger partial charge in [-0.15, -0.1) is 0 Å². The molecule has 0 bridgehead atoms. The van der Waals surface area contributed by atoms with Crippen molar-refractivity contribution in [3.63, 3.8) is 0 Å². The predicted molar refractivity (Wildman–Crippen MR) is 51.1 cm³/mol. The number of nitrogens with zero attached hydrogens (tertiary/aromatic N) is 2. The number of hydrogen-bond acceptors (Lipinski definition) is 3. The monoisotopic (exact) mass is 182 g/mol. The number of hydrogen-bond donors (Lipinski definition) is 1. The van der Waals surface area contributed by atoms with Crippen molar-refractivity contribution >= 4 is 0 Å². The highest BCUT2D eigenvalue weighted by molar-refractivity contribution is 4.92. The summed E-state index contributed by atoms with van der Waals surface area (Å²) in [5, 5.41) is 17.6. The molecular weight excluding hydrogens is 164 g/mol. The number of nitriles is 1. The van der Waals surface area contributed by atoms with Gasteiger partial charge in [-0.3, -0.25) is 4.90 Å². The molecule has 0 amide bonds. The van der Waals surface area contributed by atoms with Crippen molar-refractivity contribution < 1.29 is 5.11 Å². The Morgan fingerprint density at radius 2 is 2.00 bits per heavy atom. The predicted octanol–water partition coefficient (Wildman–Crippen LogP) is 1.14. The van der Waals surface area contributed by atoms with Crippen molar-refractivity contribution in [3.8, 4) is 6.07 Å². The summed E-state index contributed by atoms with van der Waals surface area (Å²) in [5.41, 5.74) is 0. The third kappa shape index (κ3) is 3.33. The summed E-state index contributed by atoms with van der Waals surface area (Å²) in [5.74, 6) is 0. The van der Waals surface area contributed by atoms with Crippen molar-refractivity contribution in [1.29, 1.82) is 5.26 Å². The van der Waals surface area contributed by atoms with Crippen molar-refractivity contribution in [2.45, 2.75) is 38.1 Å². The molecule has 1 aliphatic heterocycles. The van der Waals surface area contributed by atoms with Crippen LogP contribution in [0.15, 0.2) is 0 Å². The molecule has 3 heteroatoms. The van der Waals surface area contributed by atoms with Crippen LogP contribution in [-0.2, 0) is 0 Å². The highest BCUT2D eigenvalue weighted by Gasteiger charge is 2.19. The third-order valence-electron chi connectivity index (χ3n) is 2.62. The van der Waals surface area contributed by atoms with Crippen LogP contribution in [0.25, 0.3) is 0 Å². The number of aliphatic hydroxyl groups is 1. The Bertz CT molecular complexity index is 170. The van der Waals surface area contributed by atoms with Crippen LogP contribution in [-0.4, -0.2) is 35.7 Å². The lowest BCUT2D eigenvalue weighted by Gasteiger charge is -2.30. The second-order valence-corrected chi connectivity index (χ2v) is 3.61. The molecule has 0 aromatic rings. The van der Waals surface area contributed by atoms with Gasteiger partial charge >= 0.3 is 0 Å². The first-order chi connectivity index (χ1) is 6.38. The topological polar surface area (TPSA) is 47.3 Å². The van der Waals surface area contributed by atoms with E-state index in [0.717, 1.165) is 25.9 Å². The standard InChI is InChI=1S/C10H18N2O/c11-9-10(5-4-8-13)12-6-2-1-3-7-12/h10,13H,1-8H2. The fraction of sp³-hybridized carbons (Fsp3) is 0.900. The largest absolute Gasteiger partial charge is 0.396 e. The molecule has 13 heavy (non-hydrogen) atoms. The molecule has 3 nitrogen and oxygen atoms in total. The molecule has 1 atom stereocenters. The Balaban J connectivity index is 2.31. The first kappa shape index (κ1) is 10.5. The van der Waals surface area contributed by atoms with Crippen molar-refractivity contribution in [2.24, 2.45) is 0 Å². The number of aliphatic hydroxyl groups excluding tert-OH is 1. The SMILES string of the molecule is N#CC(CCCO)N1CCCCC1. The Kier molecular flexibility index (Phi) is 4.81. The lowest BCUT2D eigenvalue weighted by Crippen LogP contribution is -2.38. The molecule has 1 unspecified atom stereocenters. The maximum absolute atomic E-state index is 8.93. The summed E-state index contributed by atoms with van der Waals surface area (Å²) in [6, 6.07) is 2.36. The maximum atomic E-state index is 8.93. The van der Waals surface area contributed by atoms with Gasteiger partial charge in [0.05, 0.1) is 12.1 Å². The lowest BCUT2D eigenvalue weighted by atomic mass is 10.1. The molecule has 0 aromatic carbocycles. The molecule has 0 radical (unpaired) electrons. The molecule has 1 fully saturated rings. The van der Waals surface area contributed by atoms with Crippen LogP contribution in [0.1, 0.15) is 32.1 Å². The minimum absolute atomic E-state index is 0.0347. The number of piperidine rings is 1. The Hall–Kier alpha value is -0.590. The Morgan fingerprint density at radius 3 is 2.54 bits per heavy atom. The Labute approximate surface area is 80.0 Å². The van der Waals surface area contributed by atoms with Crippen molar-refractivity contribution in [2.75, 3.05) is 19.7 Å². The van der Waals surface area contributed by atoms with E-state index in [9.17, 15) is 0 Å². The number of rotatable bonds is 4. The van der Waals surface area contributed by atoms with Gasteiger partial charge in [0.25, 0.3) is 0 Å². The minimum atomic E-state index is 0.0347. The summed E-state index contributed by atoms with van der Waals surface area (Å²) in [6.07, 6.45) is 5.30. The highest BCUT2D eigenvalue weighted by atomic mass is 16.2. The Morgan fingerprint density at radius 1 is 1.31 bits per heavy atom. The highest BCUT2D eigenvalue weighted by Crippen LogP contribution is 2.14. The average molecular weight is 182 g/mol. The van der Waals surface area contributed by atoms with E-state index in [0.29, 0.717) is 0 Å². The second-order valence-electron chi connectivity index (χ2n) is 3.61. The first-order valence-electron chi connectivity index (χ1n) is 5.13. The van der Waals surface area contributed by atoms with E-state index in [1.54, 1.807) is 0 Å². The van der Waals surface area contributed by atoms with Gasteiger partial charge in [-0.2, -0.15) is 5.26 Å². The first-order valence-corrected chi connectivity index (χ1v) is 5.13. The molecule has 1 aliphatic rings. The van der Waals surface area contributed by atoms with E-state index < -0.39 is 0 Å². The van der Waals surface area contributed by atoms with Gasteiger partial charge in [0.2, 0.25) is 0 Å². The molecule has 0 spiro atoms. The van der Waals surface area contributed by atoms with Gasteiger partial charge in [-0.25, -0.2) is 0 Å². The van der Waals surface area contributed by atoms with Crippen LogP contribution >= 0.6 is 0 Å². The van der Waals surface area contributed by atoms with Crippen LogP contribution < -0.4 is 0 Å². The molecular formula is C10H18N2O. The number of likely N-dealkylation sites (tertiary alicyclic amines) is 1. The molecule has 1 N–H and O–H groups in total. The fourth-order valence-corrected chi connectivity index (χ4v) is 1.84. The summed E-state index contributed by atoms with van der Waals surface area (Å²) >= 11 is 0. The molecule has 1 heterocycles. The lowest BCUT2D eigenvalue weighted by molar-refractivity contribution is 0.177. The average Bonchev–Trinajstić information content (AvgIpc) is 2.21. The molecule has 1 rings (SSSR count). The molecule has 0 aromatic heterocycles. The van der Waals surface area contributed by atoms with Gasteiger partial charge < -0.3 is 5.11 Å². The van der Waals surface area contributed by atoms with Crippen LogP contribution in [0, 0.1) is 11.3 Å². The van der Waals surface area contributed by atoms with E-state index in [2.05, 4.69) is 11.0 Å². The summed E-state index contributed by atoms with van der Waals surface area (Å²) < 4.78 is 0.